The fourth-order valence-electron chi connectivity index (χ4n) is 3.87. The van der Waals surface area contributed by atoms with E-state index >= 15 is 0 Å². The Hall–Kier alpha value is -1.64. The zero-order chi connectivity index (χ0) is 19.2. The van der Waals surface area contributed by atoms with Crippen LogP contribution in [-0.2, 0) is 11.3 Å². The van der Waals surface area contributed by atoms with Crippen molar-refractivity contribution in [2.45, 2.75) is 50.8 Å². The Kier molecular flexibility index (Phi) is 7.09. The summed E-state index contributed by atoms with van der Waals surface area (Å²) in [5.74, 6) is 0.487. The van der Waals surface area contributed by atoms with Crippen LogP contribution in [0.25, 0.3) is 0 Å². The van der Waals surface area contributed by atoms with E-state index < -0.39 is 6.09 Å². The van der Waals surface area contributed by atoms with Crippen LogP contribution in [-0.4, -0.2) is 77.7 Å². The molecule has 0 radical (unpaired) electrons. The van der Waals surface area contributed by atoms with Crippen molar-refractivity contribution in [1.29, 1.82) is 0 Å². The van der Waals surface area contributed by atoms with E-state index in [1.807, 2.05) is 11.7 Å². The van der Waals surface area contributed by atoms with E-state index in [9.17, 15) is 4.79 Å². The number of nitrogens with zero attached hydrogens (tertiary/aromatic N) is 4. The molecule has 2 aliphatic heterocycles. The summed E-state index contributed by atoms with van der Waals surface area (Å²) >= 11 is 0. The maximum absolute atomic E-state index is 11.0. The molecule has 1 atom stereocenters. The molecule has 152 valence electrons. The smallest absolute Gasteiger partial charge is 0.407 e. The molecule has 2 N–H and O–H groups in total. The van der Waals surface area contributed by atoms with Crippen molar-refractivity contribution in [2.75, 3.05) is 46.9 Å². The monoisotopic (exact) mass is 379 g/mol. The second kappa shape index (κ2) is 9.52. The molecule has 1 aromatic rings. The fourth-order valence-corrected chi connectivity index (χ4v) is 3.87. The third kappa shape index (κ3) is 5.43. The molecule has 1 unspecified atom stereocenters. The van der Waals surface area contributed by atoms with Gasteiger partial charge in [0.25, 0.3) is 0 Å². The molecule has 0 spiro atoms. The molecule has 8 heteroatoms. The molecule has 2 saturated heterocycles. The average molecular weight is 380 g/mol. The van der Waals surface area contributed by atoms with Crippen LogP contribution in [0.1, 0.15) is 55.5 Å². The predicted molar refractivity (Wildman–Crippen MR) is 103 cm³/mol. The summed E-state index contributed by atoms with van der Waals surface area (Å²) in [4.78, 5) is 14.5. The summed E-state index contributed by atoms with van der Waals surface area (Å²) in [7, 11) is 3.64. The Balaban J connectivity index is 1.70. The number of piperidine rings is 1. The zero-order valence-corrected chi connectivity index (χ0v) is 16.6. The van der Waals surface area contributed by atoms with Gasteiger partial charge in [-0.05, 0) is 52.2 Å². The van der Waals surface area contributed by atoms with Gasteiger partial charge in [0.1, 0.15) is 6.23 Å². The van der Waals surface area contributed by atoms with Gasteiger partial charge in [-0.3, -0.25) is 0 Å². The van der Waals surface area contributed by atoms with Crippen molar-refractivity contribution in [3.8, 4) is 0 Å². The van der Waals surface area contributed by atoms with Gasteiger partial charge in [0.15, 0.2) is 0 Å². The number of carbonyl (C=O) groups is 1. The predicted octanol–water partition coefficient (Wildman–Crippen LogP) is 2.09. The van der Waals surface area contributed by atoms with Gasteiger partial charge in [-0.15, -0.1) is 0 Å². The van der Waals surface area contributed by atoms with Gasteiger partial charge in [-0.2, -0.15) is 5.10 Å². The fraction of sp³-hybridized carbons (Fsp3) is 0.789. The largest absolute Gasteiger partial charge is 0.465 e. The number of hydrogen-bond donors (Lipinski definition) is 2. The molecular formula is C19H33N5O3. The molecule has 0 bridgehead atoms. The minimum absolute atomic E-state index is 0.0522. The van der Waals surface area contributed by atoms with Gasteiger partial charge < -0.3 is 25.0 Å². The van der Waals surface area contributed by atoms with Gasteiger partial charge in [0.05, 0.1) is 5.69 Å². The Morgan fingerprint density at radius 2 is 2.07 bits per heavy atom. The van der Waals surface area contributed by atoms with Crippen molar-refractivity contribution in [2.24, 2.45) is 0 Å². The van der Waals surface area contributed by atoms with Crippen LogP contribution < -0.4 is 5.32 Å². The highest BCUT2D eigenvalue weighted by molar-refractivity contribution is 5.64. The second-order valence-electron chi connectivity index (χ2n) is 7.81. The molecule has 27 heavy (non-hydrogen) atoms. The Morgan fingerprint density at radius 1 is 1.30 bits per heavy atom. The molecule has 3 rings (SSSR count). The molecule has 1 aromatic heterocycles. The summed E-state index contributed by atoms with van der Waals surface area (Å²) in [6, 6.07) is 0. The summed E-state index contributed by atoms with van der Waals surface area (Å²) in [6.07, 6.45) is 6.88. The summed E-state index contributed by atoms with van der Waals surface area (Å²) in [5, 5.41) is 17.4. The first kappa shape index (κ1) is 20.1. The standard InChI is InChI=1S/C19H33N5O3/c1-22(10-11-23(2)19(25)26)13-16-14-24(17-5-3-4-12-27-17)21-18(16)15-6-8-20-9-7-15/h14-15,17,20H,3-13H2,1-2H3,(H,25,26). The van der Waals surface area contributed by atoms with Crippen LogP contribution >= 0.6 is 0 Å². The van der Waals surface area contributed by atoms with Crippen LogP contribution in [0.3, 0.4) is 0 Å². The van der Waals surface area contributed by atoms with Crippen LogP contribution in [0.2, 0.25) is 0 Å². The normalized spacial score (nSPS) is 21.5. The van der Waals surface area contributed by atoms with E-state index in [4.69, 9.17) is 14.9 Å². The van der Waals surface area contributed by atoms with E-state index in [0.29, 0.717) is 19.0 Å². The third-order valence-electron chi connectivity index (χ3n) is 5.60. The lowest BCUT2D eigenvalue weighted by molar-refractivity contribution is -0.0398. The quantitative estimate of drug-likeness (QED) is 0.755. The van der Waals surface area contributed by atoms with E-state index in [-0.39, 0.29) is 6.23 Å². The van der Waals surface area contributed by atoms with Gasteiger partial charge in [-0.1, -0.05) is 0 Å². The summed E-state index contributed by atoms with van der Waals surface area (Å²) < 4.78 is 7.96. The van der Waals surface area contributed by atoms with Crippen molar-refractivity contribution in [3.05, 3.63) is 17.5 Å². The summed E-state index contributed by atoms with van der Waals surface area (Å²) in [5.41, 5.74) is 2.45. The topological polar surface area (TPSA) is 82.9 Å². The van der Waals surface area contributed by atoms with Crippen molar-refractivity contribution < 1.29 is 14.6 Å². The van der Waals surface area contributed by atoms with Crippen LogP contribution in [0.15, 0.2) is 6.20 Å². The highest BCUT2D eigenvalue weighted by atomic mass is 16.5. The van der Waals surface area contributed by atoms with E-state index in [0.717, 1.165) is 51.9 Å². The third-order valence-corrected chi connectivity index (χ3v) is 5.60. The van der Waals surface area contributed by atoms with E-state index in [1.165, 1.54) is 22.6 Å². The van der Waals surface area contributed by atoms with E-state index in [1.54, 1.807) is 7.05 Å². The molecule has 1 amide bonds. The van der Waals surface area contributed by atoms with E-state index in [2.05, 4.69) is 16.4 Å². The minimum atomic E-state index is -0.888. The molecule has 0 aliphatic carbocycles. The van der Waals surface area contributed by atoms with Crippen LogP contribution in [0.4, 0.5) is 4.79 Å². The highest BCUT2D eigenvalue weighted by Crippen LogP contribution is 2.30. The molecule has 2 aliphatic rings. The van der Waals surface area contributed by atoms with Gasteiger partial charge in [0.2, 0.25) is 0 Å². The zero-order valence-electron chi connectivity index (χ0n) is 16.6. The lowest BCUT2D eigenvalue weighted by atomic mass is 9.92. The van der Waals surface area contributed by atoms with Crippen LogP contribution in [0.5, 0.6) is 0 Å². The number of ether oxygens (including phenoxy) is 1. The first-order valence-electron chi connectivity index (χ1n) is 10.1. The summed E-state index contributed by atoms with van der Waals surface area (Å²) in [6.45, 7) is 4.85. The molecule has 8 nitrogen and oxygen atoms in total. The Labute approximate surface area is 161 Å². The number of rotatable bonds is 7. The Bertz CT molecular complexity index is 608. The Morgan fingerprint density at radius 3 is 2.74 bits per heavy atom. The number of amides is 1. The molecule has 2 fully saturated rings. The van der Waals surface area contributed by atoms with Crippen LogP contribution in [0, 0.1) is 0 Å². The maximum atomic E-state index is 11.0. The number of likely N-dealkylation sites (N-methyl/N-ethyl adjacent to an activating group) is 2. The van der Waals surface area contributed by atoms with Crippen molar-refractivity contribution >= 4 is 6.09 Å². The number of nitrogens with one attached hydrogen (secondary N) is 1. The first-order chi connectivity index (χ1) is 13.0. The molecular weight excluding hydrogens is 346 g/mol. The van der Waals surface area contributed by atoms with Crippen molar-refractivity contribution in [3.63, 3.8) is 0 Å². The van der Waals surface area contributed by atoms with Gasteiger partial charge in [0, 0.05) is 51.0 Å². The van der Waals surface area contributed by atoms with Crippen molar-refractivity contribution in [1.82, 2.24) is 24.9 Å². The SMILES string of the molecule is CN(CCN(C)C(=O)O)Cc1cn(C2CCCCO2)nc1C1CCNCC1. The molecule has 0 aromatic carbocycles. The van der Waals surface area contributed by atoms with Gasteiger partial charge in [-0.25, -0.2) is 9.48 Å². The average Bonchev–Trinajstić information content (AvgIpc) is 3.11. The minimum Gasteiger partial charge on any atom is -0.465 e. The number of aromatic nitrogens is 2. The molecule has 0 saturated carbocycles. The second-order valence-corrected chi connectivity index (χ2v) is 7.81. The number of carboxylic acid groups (broad SMARTS) is 1. The number of hydrogen-bond acceptors (Lipinski definition) is 5. The lowest BCUT2D eigenvalue weighted by Gasteiger charge is -2.24. The first-order valence-corrected chi connectivity index (χ1v) is 10.1. The maximum Gasteiger partial charge on any atom is 0.407 e. The lowest BCUT2D eigenvalue weighted by Crippen LogP contribution is -2.33. The van der Waals surface area contributed by atoms with Gasteiger partial charge >= 0.3 is 6.09 Å². The highest BCUT2D eigenvalue weighted by Gasteiger charge is 2.25. The molecule has 3 heterocycles.